The van der Waals surface area contributed by atoms with Crippen molar-refractivity contribution < 1.29 is 13.2 Å². The van der Waals surface area contributed by atoms with Gasteiger partial charge in [-0.05, 0) is 43.4 Å². The molecule has 0 aromatic rings. The summed E-state index contributed by atoms with van der Waals surface area (Å²) in [6, 6.07) is 0. The predicted octanol–water partition coefficient (Wildman–Crippen LogP) is 1.21. The third-order valence-corrected chi connectivity index (χ3v) is 6.13. The first-order valence-electron chi connectivity index (χ1n) is 7.60. The minimum atomic E-state index is -3.15. The van der Waals surface area contributed by atoms with Gasteiger partial charge < -0.3 is 4.90 Å². The van der Waals surface area contributed by atoms with Crippen molar-refractivity contribution in [2.24, 2.45) is 17.8 Å². The maximum atomic E-state index is 12.0. The number of nitrogens with zero attached hydrogens (tertiary/aromatic N) is 1. The molecule has 0 bridgehead atoms. The molecular formula is C14H26N2O3S. The van der Waals surface area contributed by atoms with Crippen molar-refractivity contribution in [1.29, 1.82) is 0 Å². The van der Waals surface area contributed by atoms with Crippen LogP contribution in [0.4, 0.5) is 0 Å². The summed E-state index contributed by atoms with van der Waals surface area (Å²) in [5.74, 6) is 1.61. The molecule has 1 amide bonds. The summed E-state index contributed by atoms with van der Waals surface area (Å²) < 4.78 is 26.8. The minimum Gasteiger partial charge on any atom is -0.343 e. The summed E-state index contributed by atoms with van der Waals surface area (Å²) in [6.07, 6.45) is 4.14. The second-order valence-corrected chi connectivity index (χ2v) is 8.25. The maximum absolute atomic E-state index is 12.0. The van der Waals surface area contributed by atoms with Gasteiger partial charge in [0.1, 0.15) is 0 Å². The fourth-order valence-corrected chi connectivity index (χ4v) is 4.48. The zero-order chi connectivity index (χ0) is 14.8. The lowest BCUT2D eigenvalue weighted by atomic mass is 9.97. The predicted molar refractivity (Wildman–Crippen MR) is 78.7 cm³/mol. The van der Waals surface area contributed by atoms with Crippen LogP contribution in [0.1, 0.15) is 39.5 Å². The van der Waals surface area contributed by atoms with E-state index >= 15 is 0 Å². The molecule has 1 N–H and O–H groups in total. The normalized spacial score (nSPS) is 22.8. The van der Waals surface area contributed by atoms with Crippen LogP contribution >= 0.6 is 0 Å². The molecule has 2 aliphatic rings. The van der Waals surface area contributed by atoms with Crippen molar-refractivity contribution in [3.8, 4) is 0 Å². The Morgan fingerprint density at radius 1 is 1.25 bits per heavy atom. The third-order valence-electron chi connectivity index (χ3n) is 4.56. The first-order chi connectivity index (χ1) is 9.37. The van der Waals surface area contributed by atoms with Crippen LogP contribution in [-0.4, -0.2) is 44.6 Å². The van der Waals surface area contributed by atoms with Gasteiger partial charge in [0.15, 0.2) is 0 Å². The highest BCUT2D eigenvalue weighted by atomic mass is 32.2. The first kappa shape index (κ1) is 15.8. The summed E-state index contributed by atoms with van der Waals surface area (Å²) in [5, 5.41) is 0. The molecule has 0 radical (unpaired) electrons. The molecule has 1 unspecified atom stereocenters. The van der Waals surface area contributed by atoms with Gasteiger partial charge in [0, 0.05) is 26.6 Å². The lowest BCUT2D eigenvalue weighted by Crippen LogP contribution is -2.41. The molecule has 1 saturated heterocycles. The van der Waals surface area contributed by atoms with Crippen molar-refractivity contribution in [1.82, 2.24) is 9.62 Å². The lowest BCUT2D eigenvalue weighted by Gasteiger charge is -2.31. The van der Waals surface area contributed by atoms with E-state index in [1.807, 2.05) is 11.8 Å². The van der Waals surface area contributed by atoms with E-state index in [0.29, 0.717) is 18.4 Å². The highest BCUT2D eigenvalue weighted by molar-refractivity contribution is 7.89. The fraction of sp³-hybridized carbons (Fsp3) is 0.929. The molecular weight excluding hydrogens is 276 g/mol. The van der Waals surface area contributed by atoms with Gasteiger partial charge in [-0.2, -0.15) is 0 Å². The van der Waals surface area contributed by atoms with Gasteiger partial charge in [0.2, 0.25) is 15.9 Å². The van der Waals surface area contributed by atoms with E-state index < -0.39 is 10.0 Å². The van der Waals surface area contributed by atoms with Gasteiger partial charge in [-0.15, -0.1) is 0 Å². The first-order valence-corrected chi connectivity index (χ1v) is 9.25. The Hall–Kier alpha value is -0.620. The maximum Gasteiger partial charge on any atom is 0.219 e. The summed E-state index contributed by atoms with van der Waals surface area (Å²) in [4.78, 5) is 13.1. The number of rotatable bonds is 6. The second kappa shape index (κ2) is 6.43. The van der Waals surface area contributed by atoms with Crippen molar-refractivity contribution in [2.75, 3.05) is 25.4 Å². The lowest BCUT2D eigenvalue weighted by molar-refractivity contribution is -0.130. The van der Waals surface area contributed by atoms with Crippen LogP contribution < -0.4 is 4.72 Å². The summed E-state index contributed by atoms with van der Waals surface area (Å²) in [5.41, 5.74) is 0. The Balaban J connectivity index is 1.70. The second-order valence-electron chi connectivity index (χ2n) is 6.39. The Bertz CT molecular complexity index is 437. The van der Waals surface area contributed by atoms with E-state index in [2.05, 4.69) is 4.72 Å². The topological polar surface area (TPSA) is 66.5 Å². The number of likely N-dealkylation sites (tertiary alicyclic amines) is 1. The van der Waals surface area contributed by atoms with E-state index in [-0.39, 0.29) is 17.6 Å². The molecule has 1 atom stereocenters. The number of hydrogen-bond acceptors (Lipinski definition) is 3. The number of sulfonamides is 1. The van der Waals surface area contributed by atoms with Crippen molar-refractivity contribution in [3.63, 3.8) is 0 Å². The average molecular weight is 302 g/mol. The Labute approximate surface area is 122 Å². The number of piperidine rings is 1. The zero-order valence-corrected chi connectivity index (χ0v) is 13.3. The number of hydrogen-bond donors (Lipinski definition) is 1. The molecule has 1 heterocycles. The Morgan fingerprint density at radius 2 is 1.85 bits per heavy atom. The molecule has 116 valence electrons. The van der Waals surface area contributed by atoms with Gasteiger partial charge >= 0.3 is 0 Å². The quantitative estimate of drug-likeness (QED) is 0.802. The largest absolute Gasteiger partial charge is 0.343 e. The molecule has 0 aromatic carbocycles. The number of nitrogens with one attached hydrogen (secondary N) is 1. The Morgan fingerprint density at radius 3 is 2.35 bits per heavy atom. The van der Waals surface area contributed by atoms with Gasteiger partial charge in [0.05, 0.1) is 5.75 Å². The van der Waals surface area contributed by atoms with E-state index in [9.17, 15) is 13.2 Å². The molecule has 1 aliphatic carbocycles. The van der Waals surface area contributed by atoms with Crippen LogP contribution in [0.25, 0.3) is 0 Å². The smallest absolute Gasteiger partial charge is 0.219 e. The molecule has 20 heavy (non-hydrogen) atoms. The van der Waals surface area contributed by atoms with E-state index in [1.54, 1.807) is 6.92 Å². The molecule has 2 rings (SSSR count). The van der Waals surface area contributed by atoms with Crippen molar-refractivity contribution >= 4 is 15.9 Å². The van der Waals surface area contributed by atoms with Crippen molar-refractivity contribution in [2.45, 2.75) is 39.5 Å². The van der Waals surface area contributed by atoms with Crippen LogP contribution in [0.15, 0.2) is 0 Å². The van der Waals surface area contributed by atoms with Crippen LogP contribution in [0.5, 0.6) is 0 Å². The summed E-state index contributed by atoms with van der Waals surface area (Å²) >= 11 is 0. The van der Waals surface area contributed by atoms with E-state index in [4.69, 9.17) is 0 Å². The minimum absolute atomic E-state index is 0.113. The molecule has 2 fully saturated rings. The zero-order valence-electron chi connectivity index (χ0n) is 12.5. The van der Waals surface area contributed by atoms with Gasteiger partial charge in [-0.25, -0.2) is 13.1 Å². The van der Waals surface area contributed by atoms with Gasteiger partial charge in [-0.3, -0.25) is 4.79 Å². The number of carbonyl (C=O) groups is 1. The molecule has 0 spiro atoms. The van der Waals surface area contributed by atoms with Gasteiger partial charge in [0.25, 0.3) is 0 Å². The van der Waals surface area contributed by atoms with E-state index in [1.165, 1.54) is 12.8 Å². The Kier molecular flexibility index (Phi) is 5.07. The SMILES string of the molecule is CC(=O)N1CCC(CNS(=O)(=O)CC(C)C2CC2)CC1. The summed E-state index contributed by atoms with van der Waals surface area (Å²) in [7, 11) is -3.15. The molecule has 1 saturated carbocycles. The summed E-state index contributed by atoms with van der Waals surface area (Å²) in [6.45, 7) is 5.64. The molecule has 0 aromatic heterocycles. The fourth-order valence-electron chi connectivity index (χ4n) is 2.90. The van der Waals surface area contributed by atoms with Crippen LogP contribution in [0, 0.1) is 17.8 Å². The van der Waals surface area contributed by atoms with Crippen molar-refractivity contribution in [3.05, 3.63) is 0 Å². The van der Waals surface area contributed by atoms with Gasteiger partial charge in [-0.1, -0.05) is 6.92 Å². The van der Waals surface area contributed by atoms with Crippen LogP contribution in [-0.2, 0) is 14.8 Å². The molecule has 6 heteroatoms. The molecule has 1 aliphatic heterocycles. The monoisotopic (exact) mass is 302 g/mol. The highest BCUT2D eigenvalue weighted by Crippen LogP contribution is 2.37. The highest BCUT2D eigenvalue weighted by Gasteiger charge is 2.31. The average Bonchev–Trinajstić information content (AvgIpc) is 3.20. The van der Waals surface area contributed by atoms with E-state index in [0.717, 1.165) is 25.9 Å². The standard InChI is InChI=1S/C14H26N2O3S/c1-11(14-3-4-14)10-20(18,19)15-9-13-5-7-16(8-6-13)12(2)17/h11,13-15H,3-10H2,1-2H3. The molecule has 5 nitrogen and oxygen atoms in total. The number of carbonyl (C=O) groups excluding carboxylic acids is 1. The van der Waals surface area contributed by atoms with Crippen LogP contribution in [0.2, 0.25) is 0 Å². The van der Waals surface area contributed by atoms with Crippen LogP contribution in [0.3, 0.4) is 0 Å². The number of amides is 1. The third kappa shape index (κ3) is 4.74.